The number of aliphatic hydroxyl groups excluding tert-OH is 1. The van der Waals surface area contributed by atoms with E-state index in [4.69, 9.17) is 4.42 Å². The molecule has 2 unspecified atom stereocenters. The molecule has 112 valence electrons. The Kier molecular flexibility index (Phi) is 5.47. The third kappa shape index (κ3) is 4.12. The lowest BCUT2D eigenvalue weighted by Gasteiger charge is -2.13. The second-order valence-corrected chi connectivity index (χ2v) is 5.97. The van der Waals surface area contributed by atoms with Crippen molar-refractivity contribution in [3.63, 3.8) is 0 Å². The molecule has 1 heterocycles. The van der Waals surface area contributed by atoms with Gasteiger partial charge in [-0.05, 0) is 24.6 Å². The normalized spacial score (nSPS) is 13.7. The van der Waals surface area contributed by atoms with E-state index < -0.39 is 12.1 Å². The zero-order valence-electron chi connectivity index (χ0n) is 12.0. The van der Waals surface area contributed by atoms with Crippen LogP contribution in [-0.4, -0.2) is 23.9 Å². The number of carbonyl (C=O) groups is 1. The fourth-order valence-electron chi connectivity index (χ4n) is 1.87. The predicted molar refractivity (Wildman–Crippen MR) is 82.3 cm³/mol. The first-order valence-corrected chi connectivity index (χ1v) is 7.69. The van der Waals surface area contributed by atoms with E-state index in [2.05, 4.69) is 4.74 Å². The van der Waals surface area contributed by atoms with Crippen LogP contribution in [0.4, 0.5) is 0 Å². The molecule has 1 aromatic carbocycles. The van der Waals surface area contributed by atoms with Gasteiger partial charge in [0.25, 0.3) is 0 Å². The van der Waals surface area contributed by atoms with Gasteiger partial charge in [-0.3, -0.25) is 0 Å². The Morgan fingerprint density at radius 3 is 2.67 bits per heavy atom. The Bertz CT molecular complexity index is 579. The molecule has 0 aliphatic heterocycles. The Hall–Kier alpha value is -1.72. The smallest absolute Gasteiger partial charge is 0.373 e. The molecule has 0 radical (unpaired) electrons. The lowest BCUT2D eigenvalue weighted by atomic mass is 10.1. The quantitative estimate of drug-likeness (QED) is 0.826. The zero-order chi connectivity index (χ0) is 15.2. The lowest BCUT2D eigenvalue weighted by molar-refractivity contribution is 0.0563. The molecule has 2 atom stereocenters. The van der Waals surface area contributed by atoms with Gasteiger partial charge in [-0.2, -0.15) is 0 Å². The second kappa shape index (κ2) is 7.33. The number of benzene rings is 1. The summed E-state index contributed by atoms with van der Waals surface area (Å²) < 4.78 is 10.1. The summed E-state index contributed by atoms with van der Waals surface area (Å²) >= 11 is 1.57. The van der Waals surface area contributed by atoms with Crippen LogP contribution in [0.5, 0.6) is 0 Å². The van der Waals surface area contributed by atoms with Gasteiger partial charge in [0.15, 0.2) is 0 Å². The molecule has 5 heteroatoms. The number of carbonyl (C=O) groups excluding carboxylic acids is 1. The topological polar surface area (TPSA) is 59.7 Å². The Balaban J connectivity index is 1.91. The van der Waals surface area contributed by atoms with E-state index in [1.165, 1.54) is 7.11 Å². The Morgan fingerprint density at radius 1 is 1.29 bits per heavy atom. The Labute approximate surface area is 128 Å². The van der Waals surface area contributed by atoms with Crippen molar-refractivity contribution in [3.05, 3.63) is 59.5 Å². The van der Waals surface area contributed by atoms with Gasteiger partial charge in [-0.15, -0.1) is 11.8 Å². The van der Waals surface area contributed by atoms with E-state index in [9.17, 15) is 9.90 Å². The molecule has 0 aliphatic carbocycles. The molecule has 0 saturated heterocycles. The number of rotatable bonds is 6. The van der Waals surface area contributed by atoms with Crippen LogP contribution in [-0.2, 0) is 4.74 Å². The van der Waals surface area contributed by atoms with Gasteiger partial charge >= 0.3 is 5.97 Å². The number of ether oxygens (including phenoxy) is 1. The van der Waals surface area contributed by atoms with E-state index >= 15 is 0 Å². The van der Waals surface area contributed by atoms with E-state index in [1.54, 1.807) is 23.9 Å². The minimum Gasteiger partial charge on any atom is -0.463 e. The van der Waals surface area contributed by atoms with Gasteiger partial charge in [-0.25, -0.2) is 4.79 Å². The van der Waals surface area contributed by atoms with Crippen LogP contribution in [0.3, 0.4) is 0 Å². The molecular formula is C16H18O4S. The van der Waals surface area contributed by atoms with Gasteiger partial charge < -0.3 is 14.3 Å². The summed E-state index contributed by atoms with van der Waals surface area (Å²) in [6, 6.07) is 12.9. The third-order valence-electron chi connectivity index (χ3n) is 3.10. The first-order valence-electron chi connectivity index (χ1n) is 6.64. The standard InChI is InChI=1S/C16H18O4S/c1-11(14-8-9-15(20-14)16(18)19-2)21-10-13(17)12-6-4-3-5-7-12/h3-9,11,13,17H,10H2,1-2H3. The molecule has 0 amide bonds. The molecule has 0 bridgehead atoms. The van der Waals surface area contributed by atoms with E-state index in [0.717, 1.165) is 5.56 Å². The summed E-state index contributed by atoms with van der Waals surface area (Å²) in [7, 11) is 1.32. The number of furan rings is 1. The maximum absolute atomic E-state index is 11.3. The molecule has 1 aromatic heterocycles. The molecule has 0 spiro atoms. The fourth-order valence-corrected chi connectivity index (χ4v) is 2.83. The van der Waals surface area contributed by atoms with Crippen LogP contribution in [0.2, 0.25) is 0 Å². The zero-order valence-corrected chi connectivity index (χ0v) is 12.8. The van der Waals surface area contributed by atoms with E-state index in [1.807, 2.05) is 37.3 Å². The highest BCUT2D eigenvalue weighted by molar-refractivity contribution is 7.99. The monoisotopic (exact) mass is 306 g/mol. The number of esters is 1. The van der Waals surface area contributed by atoms with Crippen LogP contribution in [0, 0.1) is 0 Å². The van der Waals surface area contributed by atoms with Crippen molar-refractivity contribution >= 4 is 17.7 Å². The fraction of sp³-hybridized carbons (Fsp3) is 0.312. The minimum absolute atomic E-state index is 0.0433. The van der Waals surface area contributed by atoms with Crippen molar-refractivity contribution < 1.29 is 19.1 Å². The van der Waals surface area contributed by atoms with Crippen molar-refractivity contribution in [2.45, 2.75) is 18.3 Å². The molecule has 0 saturated carbocycles. The van der Waals surface area contributed by atoms with Crippen LogP contribution in [0.15, 0.2) is 46.9 Å². The lowest BCUT2D eigenvalue weighted by Crippen LogP contribution is -2.02. The molecule has 4 nitrogen and oxygen atoms in total. The maximum atomic E-state index is 11.3. The van der Waals surface area contributed by atoms with Gasteiger partial charge in [0, 0.05) is 5.75 Å². The molecule has 0 fully saturated rings. The van der Waals surface area contributed by atoms with E-state index in [0.29, 0.717) is 11.5 Å². The minimum atomic E-state index is -0.520. The van der Waals surface area contributed by atoms with Crippen LogP contribution >= 0.6 is 11.8 Å². The van der Waals surface area contributed by atoms with Crippen molar-refractivity contribution in [2.75, 3.05) is 12.9 Å². The first-order chi connectivity index (χ1) is 10.1. The highest BCUT2D eigenvalue weighted by Gasteiger charge is 2.17. The van der Waals surface area contributed by atoms with Crippen LogP contribution in [0.1, 0.15) is 40.2 Å². The molecule has 1 N–H and O–H groups in total. The second-order valence-electron chi connectivity index (χ2n) is 4.60. The number of methoxy groups -OCH3 is 1. The summed E-state index contributed by atoms with van der Waals surface area (Å²) in [5, 5.41) is 10.2. The molecular weight excluding hydrogens is 288 g/mol. The van der Waals surface area contributed by atoms with Crippen LogP contribution in [0.25, 0.3) is 0 Å². The summed E-state index contributed by atoms with van der Waals surface area (Å²) in [5.41, 5.74) is 0.895. The van der Waals surface area contributed by atoms with Crippen molar-refractivity contribution in [1.82, 2.24) is 0 Å². The van der Waals surface area contributed by atoms with Crippen molar-refractivity contribution in [3.8, 4) is 0 Å². The summed E-state index contributed by atoms with van der Waals surface area (Å²) in [5.74, 6) is 0.964. The van der Waals surface area contributed by atoms with Crippen molar-refractivity contribution in [2.24, 2.45) is 0 Å². The van der Waals surface area contributed by atoms with Crippen molar-refractivity contribution in [1.29, 1.82) is 0 Å². The highest BCUT2D eigenvalue weighted by atomic mass is 32.2. The van der Waals surface area contributed by atoms with E-state index in [-0.39, 0.29) is 11.0 Å². The third-order valence-corrected chi connectivity index (χ3v) is 4.34. The van der Waals surface area contributed by atoms with Crippen LogP contribution < -0.4 is 0 Å². The van der Waals surface area contributed by atoms with Gasteiger partial charge in [0.05, 0.1) is 18.5 Å². The SMILES string of the molecule is COC(=O)c1ccc(C(C)SCC(O)c2ccccc2)o1. The average molecular weight is 306 g/mol. The van der Waals surface area contributed by atoms with Gasteiger partial charge in [0.2, 0.25) is 5.76 Å². The first kappa shape index (κ1) is 15.7. The maximum Gasteiger partial charge on any atom is 0.373 e. The number of aliphatic hydroxyl groups is 1. The summed E-state index contributed by atoms with van der Waals surface area (Å²) in [4.78, 5) is 11.3. The average Bonchev–Trinajstić information content (AvgIpc) is 3.02. The molecule has 0 aliphatic rings. The predicted octanol–water partition coefficient (Wildman–Crippen LogP) is 3.59. The molecule has 2 rings (SSSR count). The number of hydrogen-bond donors (Lipinski definition) is 1. The molecule has 21 heavy (non-hydrogen) atoms. The van der Waals surface area contributed by atoms with Gasteiger partial charge in [0.1, 0.15) is 5.76 Å². The summed E-state index contributed by atoms with van der Waals surface area (Å²) in [6.07, 6.45) is -0.520. The largest absolute Gasteiger partial charge is 0.463 e. The number of thioether (sulfide) groups is 1. The highest BCUT2D eigenvalue weighted by Crippen LogP contribution is 2.32. The number of hydrogen-bond acceptors (Lipinski definition) is 5. The Morgan fingerprint density at radius 2 is 2.00 bits per heavy atom. The summed E-state index contributed by atoms with van der Waals surface area (Å²) in [6.45, 7) is 1.97. The molecule has 2 aromatic rings. The van der Waals surface area contributed by atoms with Gasteiger partial charge in [-0.1, -0.05) is 30.3 Å².